The molecule has 0 aromatic heterocycles. The first kappa shape index (κ1) is 15.3. The number of nitrogens with zero attached hydrogens (tertiary/aromatic N) is 1. The monoisotopic (exact) mass is 303 g/mol. The van der Waals surface area contributed by atoms with Crippen LogP contribution in [-0.2, 0) is 6.54 Å². The largest absolute Gasteiger partial charge is 0.454 e. The molecule has 1 heterocycles. The molecule has 0 saturated heterocycles. The van der Waals surface area contributed by atoms with E-state index in [0.29, 0.717) is 24.0 Å². The molecule has 8 heteroatoms. The van der Waals surface area contributed by atoms with Crippen LogP contribution in [-0.4, -0.2) is 32.5 Å². The minimum absolute atomic E-state index is 0.201. The molecule has 0 amide bonds. The predicted octanol–water partition coefficient (Wildman–Crippen LogP) is 2.03. The van der Waals surface area contributed by atoms with Crippen LogP contribution in [0.25, 0.3) is 0 Å². The number of nitrogens with one attached hydrogen (secondary N) is 2. The van der Waals surface area contributed by atoms with Gasteiger partial charge in [-0.05, 0) is 17.7 Å². The zero-order valence-corrected chi connectivity index (χ0v) is 11.5. The minimum Gasteiger partial charge on any atom is -0.454 e. The van der Waals surface area contributed by atoms with Gasteiger partial charge in [-0.3, -0.25) is 4.99 Å². The molecule has 5 nitrogen and oxygen atoms in total. The maximum atomic E-state index is 12.1. The van der Waals surface area contributed by atoms with Gasteiger partial charge in [-0.2, -0.15) is 13.2 Å². The lowest BCUT2D eigenvalue weighted by Gasteiger charge is -2.13. The van der Waals surface area contributed by atoms with Gasteiger partial charge in [-0.1, -0.05) is 6.07 Å². The van der Waals surface area contributed by atoms with E-state index in [-0.39, 0.29) is 13.3 Å². The Bertz CT molecular complexity index is 518. The van der Waals surface area contributed by atoms with Crippen LogP contribution >= 0.6 is 0 Å². The van der Waals surface area contributed by atoms with Gasteiger partial charge in [0, 0.05) is 20.1 Å². The first-order valence-electron chi connectivity index (χ1n) is 6.38. The second-order valence-electron chi connectivity index (χ2n) is 4.41. The molecule has 2 rings (SSSR count). The summed E-state index contributed by atoms with van der Waals surface area (Å²) >= 11 is 0. The summed E-state index contributed by atoms with van der Waals surface area (Å²) in [5.41, 5.74) is 0.915. The summed E-state index contributed by atoms with van der Waals surface area (Å²) in [6.45, 7) is 0.402. The van der Waals surface area contributed by atoms with Crippen LogP contribution in [0.4, 0.5) is 13.2 Å². The van der Waals surface area contributed by atoms with E-state index in [9.17, 15) is 13.2 Å². The van der Waals surface area contributed by atoms with Crippen molar-refractivity contribution in [1.82, 2.24) is 10.6 Å². The Morgan fingerprint density at radius 3 is 2.71 bits per heavy atom. The quantitative estimate of drug-likeness (QED) is 0.660. The number of hydrogen-bond donors (Lipinski definition) is 2. The third-order valence-corrected chi connectivity index (χ3v) is 2.82. The summed E-state index contributed by atoms with van der Waals surface area (Å²) < 4.78 is 46.6. The number of ether oxygens (including phenoxy) is 2. The maximum Gasteiger partial charge on any atom is 0.390 e. The molecule has 21 heavy (non-hydrogen) atoms. The molecule has 0 atom stereocenters. The van der Waals surface area contributed by atoms with Crippen molar-refractivity contribution < 1.29 is 22.6 Å². The maximum absolute atomic E-state index is 12.1. The molecular weight excluding hydrogens is 287 g/mol. The molecule has 0 radical (unpaired) electrons. The highest BCUT2D eigenvalue weighted by molar-refractivity contribution is 5.79. The molecule has 1 aliphatic heterocycles. The van der Waals surface area contributed by atoms with Gasteiger partial charge < -0.3 is 20.1 Å². The summed E-state index contributed by atoms with van der Waals surface area (Å²) in [7, 11) is 1.50. The predicted molar refractivity (Wildman–Crippen MR) is 71.4 cm³/mol. The third-order valence-electron chi connectivity index (χ3n) is 2.82. The second kappa shape index (κ2) is 6.55. The minimum atomic E-state index is -4.18. The average Bonchev–Trinajstić information content (AvgIpc) is 2.88. The van der Waals surface area contributed by atoms with E-state index in [2.05, 4.69) is 15.6 Å². The molecule has 0 unspecified atom stereocenters. The lowest BCUT2D eigenvalue weighted by atomic mass is 10.2. The Hall–Kier alpha value is -2.12. The molecule has 0 bridgehead atoms. The number of guanidine groups is 1. The van der Waals surface area contributed by atoms with Crippen molar-refractivity contribution in [2.75, 3.05) is 20.4 Å². The van der Waals surface area contributed by atoms with Crippen molar-refractivity contribution in [2.45, 2.75) is 19.1 Å². The molecule has 1 aromatic rings. The van der Waals surface area contributed by atoms with Crippen molar-refractivity contribution in [1.29, 1.82) is 0 Å². The van der Waals surface area contributed by atoms with Crippen LogP contribution in [0.2, 0.25) is 0 Å². The van der Waals surface area contributed by atoms with Gasteiger partial charge in [-0.15, -0.1) is 0 Å². The Morgan fingerprint density at radius 2 is 2.00 bits per heavy atom. The van der Waals surface area contributed by atoms with Gasteiger partial charge in [0.05, 0.1) is 6.42 Å². The first-order valence-corrected chi connectivity index (χ1v) is 6.38. The average molecular weight is 303 g/mol. The zero-order valence-electron chi connectivity index (χ0n) is 11.5. The van der Waals surface area contributed by atoms with E-state index in [4.69, 9.17) is 9.47 Å². The van der Waals surface area contributed by atoms with Crippen molar-refractivity contribution >= 4 is 5.96 Å². The van der Waals surface area contributed by atoms with E-state index in [1.54, 1.807) is 6.07 Å². The number of alkyl halides is 3. The number of hydrogen-bond acceptors (Lipinski definition) is 3. The van der Waals surface area contributed by atoms with Gasteiger partial charge in [-0.25, -0.2) is 0 Å². The smallest absolute Gasteiger partial charge is 0.390 e. The number of fused-ring (bicyclic) bond motifs is 1. The number of benzene rings is 1. The fourth-order valence-electron chi connectivity index (χ4n) is 1.78. The fourth-order valence-corrected chi connectivity index (χ4v) is 1.78. The lowest BCUT2D eigenvalue weighted by molar-refractivity contribution is -0.132. The summed E-state index contributed by atoms with van der Waals surface area (Å²) in [6.07, 6.45) is -5.08. The molecule has 2 N–H and O–H groups in total. The number of halogens is 3. The normalized spacial score (nSPS) is 14.2. The SMILES string of the molecule is CN=C(NCCC(F)(F)F)NCc1ccc2c(c1)OCO2. The first-order chi connectivity index (χ1) is 9.98. The van der Waals surface area contributed by atoms with Crippen molar-refractivity contribution in [2.24, 2.45) is 4.99 Å². The molecule has 0 saturated carbocycles. The Balaban J connectivity index is 1.80. The van der Waals surface area contributed by atoms with Crippen molar-refractivity contribution in [3.8, 4) is 11.5 Å². The second-order valence-corrected chi connectivity index (χ2v) is 4.41. The van der Waals surface area contributed by atoms with E-state index < -0.39 is 12.6 Å². The van der Waals surface area contributed by atoms with Gasteiger partial charge in [0.25, 0.3) is 0 Å². The number of rotatable bonds is 4. The standard InChI is InChI=1S/C13H16F3N3O2/c1-17-12(18-5-4-13(14,15)16)19-7-9-2-3-10-11(6-9)21-8-20-10/h2-3,6H,4-5,7-8H2,1H3,(H2,17,18,19). The van der Waals surface area contributed by atoms with Gasteiger partial charge in [0.2, 0.25) is 6.79 Å². The van der Waals surface area contributed by atoms with Crippen LogP contribution in [0.15, 0.2) is 23.2 Å². The van der Waals surface area contributed by atoms with Crippen LogP contribution < -0.4 is 20.1 Å². The highest BCUT2D eigenvalue weighted by atomic mass is 19.4. The lowest BCUT2D eigenvalue weighted by Crippen LogP contribution is -2.38. The Morgan fingerprint density at radius 1 is 1.24 bits per heavy atom. The van der Waals surface area contributed by atoms with E-state index in [1.807, 2.05) is 12.1 Å². The van der Waals surface area contributed by atoms with Crippen molar-refractivity contribution in [3.05, 3.63) is 23.8 Å². The Labute approximate surface area is 120 Å². The van der Waals surface area contributed by atoms with E-state index >= 15 is 0 Å². The van der Waals surface area contributed by atoms with Crippen molar-refractivity contribution in [3.63, 3.8) is 0 Å². The van der Waals surface area contributed by atoms with Crippen LogP contribution in [0.5, 0.6) is 11.5 Å². The Kier molecular flexibility index (Phi) is 4.77. The molecule has 1 aromatic carbocycles. The van der Waals surface area contributed by atoms with Crippen LogP contribution in [0.1, 0.15) is 12.0 Å². The van der Waals surface area contributed by atoms with E-state index in [0.717, 1.165) is 5.56 Å². The summed E-state index contributed by atoms with van der Waals surface area (Å²) in [4.78, 5) is 3.87. The van der Waals surface area contributed by atoms with E-state index in [1.165, 1.54) is 7.05 Å². The van der Waals surface area contributed by atoms with Crippen LogP contribution in [0, 0.1) is 0 Å². The molecule has 0 spiro atoms. The highest BCUT2D eigenvalue weighted by Crippen LogP contribution is 2.32. The van der Waals surface area contributed by atoms with Gasteiger partial charge in [0.15, 0.2) is 17.5 Å². The third kappa shape index (κ3) is 4.73. The van der Waals surface area contributed by atoms with Gasteiger partial charge in [0.1, 0.15) is 0 Å². The molecule has 1 aliphatic rings. The topological polar surface area (TPSA) is 54.9 Å². The summed E-state index contributed by atoms with van der Waals surface area (Å²) in [5.74, 6) is 1.66. The number of aliphatic imine (C=N–C) groups is 1. The molecule has 116 valence electrons. The molecular formula is C13H16F3N3O2. The highest BCUT2D eigenvalue weighted by Gasteiger charge is 2.26. The van der Waals surface area contributed by atoms with Gasteiger partial charge >= 0.3 is 6.18 Å². The summed E-state index contributed by atoms with van der Waals surface area (Å²) in [5, 5.41) is 5.55. The fraction of sp³-hybridized carbons (Fsp3) is 0.462. The van der Waals surface area contributed by atoms with Crippen LogP contribution in [0.3, 0.4) is 0 Å². The summed E-state index contributed by atoms with van der Waals surface area (Å²) in [6, 6.07) is 5.46. The zero-order chi connectivity index (χ0) is 15.3. The molecule has 0 fully saturated rings. The molecule has 0 aliphatic carbocycles.